The maximum absolute atomic E-state index is 6.39. The zero-order chi connectivity index (χ0) is 32.3. The predicted molar refractivity (Wildman–Crippen MR) is 199 cm³/mol. The molecule has 10 rings (SSSR count). The highest BCUT2D eigenvalue weighted by Crippen LogP contribution is 2.38. The Bertz CT molecular complexity index is 2890. The van der Waals surface area contributed by atoms with Crippen LogP contribution in [0.2, 0.25) is 0 Å². The maximum atomic E-state index is 6.39. The molecule has 5 heteroatoms. The van der Waals surface area contributed by atoms with Gasteiger partial charge in [0.1, 0.15) is 11.2 Å². The van der Waals surface area contributed by atoms with Gasteiger partial charge in [0.15, 0.2) is 17.5 Å². The van der Waals surface area contributed by atoms with Crippen LogP contribution in [0.15, 0.2) is 162 Å². The van der Waals surface area contributed by atoms with Crippen LogP contribution in [0.4, 0.5) is 0 Å². The molecule has 7 aromatic carbocycles. The fourth-order valence-electron chi connectivity index (χ4n) is 6.94. The van der Waals surface area contributed by atoms with Crippen LogP contribution in [-0.2, 0) is 0 Å². The van der Waals surface area contributed by atoms with Gasteiger partial charge in [0, 0.05) is 39.0 Å². The predicted octanol–water partition coefficient (Wildman–Crippen LogP) is 11.3. The topological polar surface area (TPSA) is 64.7 Å². The lowest BCUT2D eigenvalue weighted by atomic mass is 9.97. The van der Waals surface area contributed by atoms with Gasteiger partial charge in [-0.1, -0.05) is 121 Å². The summed E-state index contributed by atoms with van der Waals surface area (Å²) < 4.78 is 6.39. The number of benzene rings is 7. The number of nitrogens with zero attached hydrogens (tertiary/aromatic N) is 4. The number of rotatable bonds is 4. The van der Waals surface area contributed by atoms with E-state index in [1.165, 1.54) is 21.7 Å². The van der Waals surface area contributed by atoms with Crippen LogP contribution in [0.25, 0.3) is 99.7 Å². The summed E-state index contributed by atoms with van der Waals surface area (Å²) in [7, 11) is 0. The molecule has 0 aliphatic rings. The molecule has 49 heavy (non-hydrogen) atoms. The van der Waals surface area contributed by atoms with Crippen molar-refractivity contribution >= 4 is 54.4 Å². The highest BCUT2D eigenvalue weighted by molar-refractivity contribution is 6.14. The van der Waals surface area contributed by atoms with Gasteiger partial charge in [-0.2, -0.15) is 0 Å². The van der Waals surface area contributed by atoms with E-state index < -0.39 is 0 Å². The first-order valence-corrected chi connectivity index (χ1v) is 16.3. The van der Waals surface area contributed by atoms with E-state index in [-0.39, 0.29) is 0 Å². The van der Waals surface area contributed by atoms with Gasteiger partial charge in [-0.05, 0) is 63.0 Å². The van der Waals surface area contributed by atoms with E-state index in [1.54, 1.807) is 0 Å². The van der Waals surface area contributed by atoms with E-state index in [0.717, 1.165) is 60.5 Å². The van der Waals surface area contributed by atoms with E-state index in [0.29, 0.717) is 17.5 Å². The smallest absolute Gasteiger partial charge is 0.164 e. The number of aromatic nitrogens is 4. The first-order chi connectivity index (χ1) is 24.2. The number of hydrogen-bond donors (Lipinski definition) is 0. The molecule has 0 aliphatic heterocycles. The molecule has 0 fully saturated rings. The van der Waals surface area contributed by atoms with Crippen molar-refractivity contribution in [3.05, 3.63) is 158 Å². The van der Waals surface area contributed by atoms with Gasteiger partial charge in [-0.15, -0.1) is 0 Å². The summed E-state index contributed by atoms with van der Waals surface area (Å²) >= 11 is 0. The van der Waals surface area contributed by atoms with Crippen LogP contribution in [0.5, 0.6) is 0 Å². The first-order valence-electron chi connectivity index (χ1n) is 16.3. The Hall–Kier alpha value is -6.72. The van der Waals surface area contributed by atoms with Crippen molar-refractivity contribution in [3.63, 3.8) is 0 Å². The Kier molecular flexibility index (Phi) is 6.11. The molecular weight excluding hydrogens is 601 g/mol. The van der Waals surface area contributed by atoms with Crippen molar-refractivity contribution in [1.82, 2.24) is 19.9 Å². The Morgan fingerprint density at radius 3 is 1.96 bits per heavy atom. The summed E-state index contributed by atoms with van der Waals surface area (Å²) in [5, 5.41) is 7.70. The quantitative estimate of drug-likeness (QED) is 0.194. The second-order valence-corrected chi connectivity index (χ2v) is 12.3. The van der Waals surface area contributed by atoms with Gasteiger partial charge in [0.25, 0.3) is 0 Å². The van der Waals surface area contributed by atoms with Crippen molar-refractivity contribution in [2.75, 3.05) is 0 Å². The lowest BCUT2D eigenvalue weighted by molar-refractivity contribution is 0.669. The fraction of sp³-hybridized carbons (Fsp3) is 0. The van der Waals surface area contributed by atoms with E-state index in [9.17, 15) is 0 Å². The van der Waals surface area contributed by atoms with Gasteiger partial charge < -0.3 is 4.42 Å². The molecule has 0 aliphatic carbocycles. The molecule has 0 spiro atoms. The summed E-state index contributed by atoms with van der Waals surface area (Å²) in [6.45, 7) is 0. The lowest BCUT2D eigenvalue weighted by Gasteiger charge is -2.11. The van der Waals surface area contributed by atoms with Gasteiger partial charge in [-0.3, -0.25) is 4.98 Å². The average Bonchev–Trinajstić information content (AvgIpc) is 3.54. The standard InChI is InChI=1S/C44H26N4O/c1-2-10-31-24-33(22-17-27(31)8-1)43-46-42(30-20-18-29(19-21-30)35-14-5-11-28-9-3-4-13-34(28)35)47-44(48-43)36-15-6-16-39-41(36)37-26-38-32(12-7-23-45-38)25-40(37)49-39/h1-26H. The summed E-state index contributed by atoms with van der Waals surface area (Å²) in [5.41, 5.74) is 7.53. The molecule has 0 saturated heterocycles. The monoisotopic (exact) mass is 626 g/mol. The lowest BCUT2D eigenvalue weighted by Crippen LogP contribution is -2.00. The Balaban J connectivity index is 1.17. The van der Waals surface area contributed by atoms with Crippen molar-refractivity contribution in [2.24, 2.45) is 0 Å². The normalized spacial score (nSPS) is 11.7. The third-order valence-electron chi connectivity index (χ3n) is 9.35. The zero-order valence-electron chi connectivity index (χ0n) is 26.2. The third-order valence-corrected chi connectivity index (χ3v) is 9.35. The van der Waals surface area contributed by atoms with Crippen LogP contribution in [-0.4, -0.2) is 19.9 Å². The molecule has 10 aromatic rings. The molecule has 0 N–H and O–H groups in total. The van der Waals surface area contributed by atoms with Gasteiger partial charge in [0.05, 0.1) is 5.52 Å². The molecule has 5 nitrogen and oxygen atoms in total. The van der Waals surface area contributed by atoms with Crippen molar-refractivity contribution in [1.29, 1.82) is 0 Å². The van der Waals surface area contributed by atoms with Crippen molar-refractivity contribution < 1.29 is 4.42 Å². The number of pyridine rings is 1. The second-order valence-electron chi connectivity index (χ2n) is 12.3. The summed E-state index contributed by atoms with van der Waals surface area (Å²) in [6.07, 6.45) is 1.82. The van der Waals surface area contributed by atoms with Crippen molar-refractivity contribution in [2.45, 2.75) is 0 Å². The molecule has 0 saturated carbocycles. The molecule has 3 aromatic heterocycles. The summed E-state index contributed by atoms with van der Waals surface area (Å²) in [5.74, 6) is 1.80. The number of fused-ring (bicyclic) bond motifs is 6. The Labute approximate surface area is 281 Å². The number of furan rings is 1. The van der Waals surface area contributed by atoms with Crippen LogP contribution in [0.3, 0.4) is 0 Å². The van der Waals surface area contributed by atoms with Crippen LogP contribution < -0.4 is 0 Å². The van der Waals surface area contributed by atoms with Gasteiger partial charge in [-0.25, -0.2) is 15.0 Å². The molecule has 0 bridgehead atoms. The molecule has 228 valence electrons. The van der Waals surface area contributed by atoms with Gasteiger partial charge >= 0.3 is 0 Å². The minimum atomic E-state index is 0.584. The molecule has 0 atom stereocenters. The van der Waals surface area contributed by atoms with Crippen LogP contribution >= 0.6 is 0 Å². The van der Waals surface area contributed by atoms with E-state index >= 15 is 0 Å². The summed E-state index contributed by atoms with van der Waals surface area (Å²) in [6, 6.07) is 52.3. The third kappa shape index (κ3) is 4.63. The van der Waals surface area contributed by atoms with E-state index in [1.807, 2.05) is 24.4 Å². The Morgan fingerprint density at radius 2 is 1.06 bits per heavy atom. The average molecular weight is 627 g/mol. The number of hydrogen-bond acceptors (Lipinski definition) is 5. The molecular formula is C44H26N4O. The minimum absolute atomic E-state index is 0.584. The molecule has 0 radical (unpaired) electrons. The summed E-state index contributed by atoms with van der Waals surface area (Å²) in [4.78, 5) is 19.9. The fourth-order valence-corrected chi connectivity index (χ4v) is 6.94. The zero-order valence-corrected chi connectivity index (χ0v) is 26.2. The highest BCUT2D eigenvalue weighted by atomic mass is 16.3. The largest absolute Gasteiger partial charge is 0.456 e. The van der Waals surface area contributed by atoms with Crippen molar-refractivity contribution in [3.8, 4) is 45.3 Å². The van der Waals surface area contributed by atoms with E-state index in [4.69, 9.17) is 19.4 Å². The highest BCUT2D eigenvalue weighted by Gasteiger charge is 2.19. The van der Waals surface area contributed by atoms with Crippen LogP contribution in [0.1, 0.15) is 0 Å². The molecule has 3 heterocycles. The van der Waals surface area contributed by atoms with Crippen LogP contribution in [0, 0.1) is 0 Å². The van der Waals surface area contributed by atoms with E-state index in [2.05, 4.69) is 138 Å². The first kappa shape index (κ1) is 27.4. The van der Waals surface area contributed by atoms with Gasteiger partial charge in [0.2, 0.25) is 0 Å². The molecule has 0 amide bonds. The maximum Gasteiger partial charge on any atom is 0.164 e. The Morgan fingerprint density at radius 1 is 0.388 bits per heavy atom. The molecule has 0 unspecified atom stereocenters. The SMILES string of the molecule is c1ccc2cc(-c3nc(-c4ccc(-c5cccc6ccccc56)cc4)nc(-c4cccc5oc6cc7cccnc7cc6c45)n3)ccc2c1. The second kappa shape index (κ2) is 10.9. The minimum Gasteiger partial charge on any atom is -0.456 e.